The highest BCUT2D eigenvalue weighted by Gasteiger charge is 2.24. The van der Waals surface area contributed by atoms with E-state index in [1.165, 1.54) is 7.11 Å². The highest BCUT2D eigenvalue weighted by Crippen LogP contribution is 2.05. The minimum absolute atomic E-state index is 0.0110. The van der Waals surface area contributed by atoms with E-state index in [1.54, 1.807) is 6.92 Å². The van der Waals surface area contributed by atoms with Crippen LogP contribution in [-0.4, -0.2) is 27.3 Å². The normalized spacial score (nSPS) is 18.0. The third kappa shape index (κ3) is 2.19. The van der Waals surface area contributed by atoms with Gasteiger partial charge in [-0.05, 0) is 6.92 Å². The van der Waals surface area contributed by atoms with Gasteiger partial charge in [-0.3, -0.25) is 5.32 Å². The van der Waals surface area contributed by atoms with Crippen molar-refractivity contribution in [3.8, 4) is 12.0 Å². The molecule has 70 valence electrons. The van der Waals surface area contributed by atoms with E-state index in [0.29, 0.717) is 0 Å². The van der Waals surface area contributed by atoms with E-state index in [1.807, 2.05) is 0 Å². The van der Waals surface area contributed by atoms with Crippen molar-refractivity contribution in [3.63, 3.8) is 0 Å². The van der Waals surface area contributed by atoms with Crippen molar-refractivity contribution >= 4 is 21.9 Å². The first-order valence-corrected chi connectivity index (χ1v) is 4.66. The monoisotopic (exact) mass is 201 g/mol. The van der Waals surface area contributed by atoms with Crippen molar-refractivity contribution in [1.29, 1.82) is 0 Å². The first-order chi connectivity index (χ1) is 6.09. The maximum absolute atomic E-state index is 10.8. The van der Waals surface area contributed by atoms with Crippen LogP contribution in [-0.2, 0) is 14.9 Å². The van der Waals surface area contributed by atoms with Gasteiger partial charge in [0.1, 0.15) is 0 Å². The molecule has 1 rings (SSSR count). The Labute approximate surface area is 75.9 Å². The van der Waals surface area contributed by atoms with Crippen LogP contribution in [0.1, 0.15) is 6.92 Å². The van der Waals surface area contributed by atoms with Gasteiger partial charge in [-0.15, -0.1) is 8.80 Å². The lowest BCUT2D eigenvalue weighted by atomic mass is 10.6. The number of rotatable bonds is 0. The van der Waals surface area contributed by atoms with Crippen LogP contribution in [0.2, 0.25) is 0 Å². The van der Waals surface area contributed by atoms with Crippen molar-refractivity contribution in [2.75, 3.05) is 7.11 Å². The summed E-state index contributed by atoms with van der Waals surface area (Å²) < 4.78 is 32.8. The molecule has 7 heteroatoms. The average molecular weight is 201 g/mol. The summed E-state index contributed by atoms with van der Waals surface area (Å²) in [5.41, 5.74) is 0. The Kier molecular flexibility index (Phi) is 2.53. The molecule has 0 aromatic rings. The van der Waals surface area contributed by atoms with E-state index in [9.17, 15) is 8.42 Å². The molecular weight excluding hydrogens is 194 g/mol. The van der Waals surface area contributed by atoms with Gasteiger partial charge >= 0.3 is 10.2 Å². The van der Waals surface area contributed by atoms with Gasteiger partial charge in [0.05, 0.1) is 7.11 Å². The predicted molar refractivity (Wildman–Crippen MR) is 47.4 cm³/mol. The summed E-state index contributed by atoms with van der Waals surface area (Å²) in [6, 6.07) is 2.44. The average Bonchev–Trinajstić information content (AvgIpc) is 2.37. The van der Waals surface area contributed by atoms with Crippen LogP contribution in [0.25, 0.3) is 0 Å². The Morgan fingerprint density at radius 1 is 1.46 bits per heavy atom. The Bertz CT molecular complexity index is 424. The van der Waals surface area contributed by atoms with Crippen LogP contribution in [0, 0.1) is 12.0 Å². The van der Waals surface area contributed by atoms with Gasteiger partial charge in [0.2, 0.25) is 5.84 Å². The maximum atomic E-state index is 10.8. The molecule has 1 N–H and O–H groups in total. The van der Waals surface area contributed by atoms with Crippen molar-refractivity contribution in [3.05, 3.63) is 0 Å². The lowest BCUT2D eigenvalue weighted by molar-refractivity contribution is 0.412. The predicted octanol–water partition coefficient (Wildman–Crippen LogP) is -0.741. The SMILES string of the molecule is CC#CNC1=NS(=O)(=O)N=C1OC. The molecule has 0 aromatic carbocycles. The minimum Gasteiger partial charge on any atom is -0.478 e. The Hall–Kier alpha value is -1.55. The zero-order chi connectivity index (χ0) is 9.90. The van der Waals surface area contributed by atoms with Crippen molar-refractivity contribution in [2.24, 2.45) is 8.80 Å². The summed E-state index contributed by atoms with van der Waals surface area (Å²) in [6.07, 6.45) is 0. The first-order valence-electron chi connectivity index (χ1n) is 3.26. The van der Waals surface area contributed by atoms with Crippen LogP contribution < -0.4 is 5.32 Å². The summed E-state index contributed by atoms with van der Waals surface area (Å²) in [5.74, 6) is 2.45. The van der Waals surface area contributed by atoms with E-state index < -0.39 is 10.2 Å². The summed E-state index contributed by atoms with van der Waals surface area (Å²) in [5, 5.41) is 2.44. The molecule has 0 radical (unpaired) electrons. The molecule has 1 aliphatic heterocycles. The fourth-order valence-electron chi connectivity index (χ4n) is 0.655. The third-order valence-corrected chi connectivity index (χ3v) is 1.92. The first kappa shape index (κ1) is 9.54. The molecule has 1 aliphatic rings. The van der Waals surface area contributed by atoms with Crippen LogP contribution in [0.3, 0.4) is 0 Å². The molecule has 0 bridgehead atoms. The molecule has 0 aromatic heterocycles. The van der Waals surface area contributed by atoms with Gasteiger partial charge in [0, 0.05) is 6.04 Å². The largest absolute Gasteiger partial charge is 0.478 e. The molecule has 0 saturated heterocycles. The fraction of sp³-hybridized carbons (Fsp3) is 0.333. The van der Waals surface area contributed by atoms with Gasteiger partial charge in [-0.1, -0.05) is 5.92 Å². The van der Waals surface area contributed by atoms with Crippen LogP contribution in [0.5, 0.6) is 0 Å². The van der Waals surface area contributed by atoms with Crippen molar-refractivity contribution < 1.29 is 13.2 Å². The molecule has 0 amide bonds. The second-order valence-corrected chi connectivity index (χ2v) is 3.25. The molecule has 6 nitrogen and oxygen atoms in total. The van der Waals surface area contributed by atoms with Gasteiger partial charge in [0.25, 0.3) is 5.90 Å². The molecule has 1 heterocycles. The lowest BCUT2D eigenvalue weighted by Gasteiger charge is -1.97. The van der Waals surface area contributed by atoms with Crippen LogP contribution in [0.4, 0.5) is 0 Å². The zero-order valence-corrected chi connectivity index (χ0v) is 7.84. The van der Waals surface area contributed by atoms with Crippen LogP contribution >= 0.6 is 0 Å². The Balaban J connectivity index is 2.97. The number of amidine groups is 1. The van der Waals surface area contributed by atoms with Gasteiger partial charge in [0.15, 0.2) is 0 Å². The summed E-state index contributed by atoms with van der Waals surface area (Å²) in [6.45, 7) is 1.60. The maximum Gasteiger partial charge on any atom is 0.368 e. The number of nitrogens with zero attached hydrogens (tertiary/aromatic N) is 2. The number of hydrogen-bond donors (Lipinski definition) is 1. The van der Waals surface area contributed by atoms with Gasteiger partial charge < -0.3 is 4.74 Å². The Morgan fingerprint density at radius 3 is 2.69 bits per heavy atom. The molecule has 13 heavy (non-hydrogen) atoms. The second-order valence-electron chi connectivity index (χ2n) is 1.99. The topological polar surface area (TPSA) is 80.1 Å². The van der Waals surface area contributed by atoms with E-state index in [-0.39, 0.29) is 11.7 Å². The summed E-state index contributed by atoms with van der Waals surface area (Å²) >= 11 is 0. The number of nitrogens with one attached hydrogen (secondary N) is 1. The molecule has 0 aliphatic carbocycles. The number of methoxy groups -OCH3 is 1. The minimum atomic E-state index is -3.77. The molecule has 0 saturated carbocycles. The second kappa shape index (κ2) is 3.45. The van der Waals surface area contributed by atoms with Crippen molar-refractivity contribution in [2.45, 2.75) is 6.92 Å². The van der Waals surface area contributed by atoms with E-state index in [0.717, 1.165) is 0 Å². The Morgan fingerprint density at radius 2 is 2.15 bits per heavy atom. The van der Waals surface area contributed by atoms with E-state index in [4.69, 9.17) is 0 Å². The van der Waals surface area contributed by atoms with Gasteiger partial charge in [-0.2, -0.15) is 8.42 Å². The number of ether oxygens (including phenoxy) is 1. The summed E-state index contributed by atoms with van der Waals surface area (Å²) in [7, 11) is -2.46. The van der Waals surface area contributed by atoms with E-state index in [2.05, 4.69) is 30.8 Å². The molecule has 0 unspecified atom stereocenters. The molecular formula is C6H7N3O3S. The third-order valence-electron chi connectivity index (χ3n) is 1.11. The highest BCUT2D eigenvalue weighted by atomic mass is 32.2. The lowest BCUT2D eigenvalue weighted by Crippen LogP contribution is -2.26. The summed E-state index contributed by atoms with van der Waals surface area (Å²) in [4.78, 5) is 0. The van der Waals surface area contributed by atoms with Crippen molar-refractivity contribution in [1.82, 2.24) is 5.32 Å². The zero-order valence-electron chi connectivity index (χ0n) is 7.03. The standard InChI is InChI=1S/C6H7N3O3S/c1-3-4-7-5-6(12-2)9-13(10,11)8-5/h1-2H3,(H,7,8). The quantitative estimate of drug-likeness (QED) is 0.413. The van der Waals surface area contributed by atoms with Crippen LogP contribution in [0.15, 0.2) is 8.80 Å². The molecule has 0 spiro atoms. The molecule has 0 atom stereocenters. The van der Waals surface area contributed by atoms with E-state index >= 15 is 0 Å². The molecule has 0 fully saturated rings. The van der Waals surface area contributed by atoms with Gasteiger partial charge in [-0.25, -0.2) is 0 Å². The smallest absolute Gasteiger partial charge is 0.368 e. The fourth-order valence-corrected chi connectivity index (χ4v) is 1.42. The number of hydrogen-bond acceptors (Lipinski definition) is 4. The highest BCUT2D eigenvalue weighted by molar-refractivity contribution is 7.89.